The smallest absolute Gasteiger partial charge is 0.129 e. The number of benzene rings is 2. The monoisotopic (exact) mass is 284 g/mol. The van der Waals surface area contributed by atoms with Crippen molar-refractivity contribution >= 4 is 22.6 Å². The standard InChI is InChI=1S/C17H17ClN2/c1-2-7-13-8-3-5-10-15(13)20-16-11-6-4-9-14(16)19-17(20)12-18/h3-6,8-11H,2,7,12H2,1H3. The van der Waals surface area contributed by atoms with E-state index in [0.29, 0.717) is 5.88 Å². The van der Waals surface area contributed by atoms with Crippen LogP contribution in [0.3, 0.4) is 0 Å². The lowest BCUT2D eigenvalue weighted by molar-refractivity contribution is 0.889. The zero-order valence-corrected chi connectivity index (χ0v) is 12.3. The van der Waals surface area contributed by atoms with Gasteiger partial charge in [0.15, 0.2) is 0 Å². The summed E-state index contributed by atoms with van der Waals surface area (Å²) in [5.41, 5.74) is 4.64. The zero-order chi connectivity index (χ0) is 13.9. The summed E-state index contributed by atoms with van der Waals surface area (Å²) in [6.45, 7) is 2.20. The summed E-state index contributed by atoms with van der Waals surface area (Å²) in [6.07, 6.45) is 2.18. The molecule has 3 rings (SSSR count). The first-order chi connectivity index (χ1) is 9.85. The lowest BCUT2D eigenvalue weighted by atomic mass is 10.1. The average Bonchev–Trinajstić information content (AvgIpc) is 2.86. The molecule has 2 aromatic carbocycles. The van der Waals surface area contributed by atoms with E-state index in [9.17, 15) is 0 Å². The highest BCUT2D eigenvalue weighted by molar-refractivity contribution is 6.17. The highest BCUT2D eigenvalue weighted by atomic mass is 35.5. The highest BCUT2D eigenvalue weighted by Gasteiger charge is 2.13. The number of para-hydroxylation sites is 3. The third-order valence-electron chi connectivity index (χ3n) is 3.50. The van der Waals surface area contributed by atoms with Crippen LogP contribution in [0, 0.1) is 0 Å². The lowest BCUT2D eigenvalue weighted by Crippen LogP contribution is -2.03. The fourth-order valence-electron chi connectivity index (χ4n) is 2.64. The first kappa shape index (κ1) is 13.2. The van der Waals surface area contributed by atoms with Gasteiger partial charge in [-0.3, -0.25) is 4.57 Å². The Labute approximate surface area is 124 Å². The van der Waals surface area contributed by atoms with Gasteiger partial charge in [-0.2, -0.15) is 0 Å². The van der Waals surface area contributed by atoms with Crippen LogP contribution >= 0.6 is 11.6 Å². The van der Waals surface area contributed by atoms with Gasteiger partial charge in [0, 0.05) is 0 Å². The van der Waals surface area contributed by atoms with Gasteiger partial charge >= 0.3 is 0 Å². The maximum Gasteiger partial charge on any atom is 0.129 e. The van der Waals surface area contributed by atoms with Crippen molar-refractivity contribution in [2.75, 3.05) is 0 Å². The Balaban J connectivity index is 2.28. The molecule has 0 aliphatic heterocycles. The number of imidazole rings is 1. The van der Waals surface area contributed by atoms with E-state index in [0.717, 1.165) is 29.7 Å². The molecule has 0 atom stereocenters. The predicted octanol–water partition coefficient (Wildman–Crippen LogP) is 4.72. The van der Waals surface area contributed by atoms with E-state index in [2.05, 4.69) is 46.8 Å². The van der Waals surface area contributed by atoms with Crippen molar-refractivity contribution < 1.29 is 0 Å². The Kier molecular flexibility index (Phi) is 3.75. The van der Waals surface area contributed by atoms with Crippen molar-refractivity contribution in [1.29, 1.82) is 0 Å². The molecule has 0 saturated heterocycles. The van der Waals surface area contributed by atoms with Gasteiger partial charge < -0.3 is 0 Å². The molecule has 0 unspecified atom stereocenters. The Morgan fingerprint density at radius 3 is 2.60 bits per heavy atom. The normalized spacial score (nSPS) is 11.1. The molecule has 1 aromatic heterocycles. The van der Waals surface area contributed by atoms with Crippen LogP contribution in [0.5, 0.6) is 0 Å². The predicted molar refractivity (Wildman–Crippen MR) is 84.6 cm³/mol. The molecule has 1 heterocycles. The summed E-state index contributed by atoms with van der Waals surface area (Å²) in [5, 5.41) is 0. The zero-order valence-electron chi connectivity index (χ0n) is 11.5. The summed E-state index contributed by atoms with van der Waals surface area (Å²) < 4.78 is 2.19. The number of hydrogen-bond donors (Lipinski definition) is 0. The molecule has 3 aromatic rings. The van der Waals surface area contributed by atoms with E-state index in [1.807, 2.05) is 18.2 Å². The molecule has 0 radical (unpaired) electrons. The molecule has 0 amide bonds. The van der Waals surface area contributed by atoms with Crippen LogP contribution in [-0.2, 0) is 12.3 Å². The van der Waals surface area contributed by atoms with Crippen LogP contribution in [0.15, 0.2) is 48.5 Å². The SMILES string of the molecule is CCCc1ccccc1-n1c(CCl)nc2ccccc21. The van der Waals surface area contributed by atoms with Crippen molar-refractivity contribution in [3.63, 3.8) is 0 Å². The summed E-state index contributed by atoms with van der Waals surface area (Å²) >= 11 is 6.10. The summed E-state index contributed by atoms with van der Waals surface area (Å²) in [7, 11) is 0. The van der Waals surface area contributed by atoms with E-state index in [1.165, 1.54) is 11.3 Å². The minimum absolute atomic E-state index is 0.412. The fourth-order valence-corrected chi connectivity index (χ4v) is 2.82. The molecule has 20 heavy (non-hydrogen) atoms. The quantitative estimate of drug-likeness (QED) is 0.634. The lowest BCUT2D eigenvalue weighted by Gasteiger charge is -2.13. The molecule has 2 nitrogen and oxygen atoms in total. The number of fused-ring (bicyclic) bond motifs is 1. The second-order valence-electron chi connectivity index (χ2n) is 4.86. The molecular formula is C17H17ClN2. The average molecular weight is 285 g/mol. The Hall–Kier alpha value is -1.80. The third kappa shape index (κ3) is 2.20. The van der Waals surface area contributed by atoms with Gasteiger partial charge in [0.05, 0.1) is 22.6 Å². The molecule has 0 saturated carbocycles. The van der Waals surface area contributed by atoms with E-state index in [1.54, 1.807) is 0 Å². The molecule has 0 aliphatic carbocycles. The van der Waals surface area contributed by atoms with Gasteiger partial charge in [-0.15, -0.1) is 11.6 Å². The number of rotatable bonds is 4. The van der Waals surface area contributed by atoms with Gasteiger partial charge in [-0.25, -0.2) is 4.98 Å². The topological polar surface area (TPSA) is 17.8 Å². The van der Waals surface area contributed by atoms with Crippen LogP contribution in [-0.4, -0.2) is 9.55 Å². The molecular weight excluding hydrogens is 268 g/mol. The first-order valence-corrected chi connectivity index (χ1v) is 7.49. The van der Waals surface area contributed by atoms with Crippen LogP contribution in [0.2, 0.25) is 0 Å². The van der Waals surface area contributed by atoms with E-state index < -0.39 is 0 Å². The van der Waals surface area contributed by atoms with Crippen molar-refractivity contribution in [3.8, 4) is 5.69 Å². The number of nitrogens with zero attached hydrogens (tertiary/aromatic N) is 2. The molecule has 0 bridgehead atoms. The maximum atomic E-state index is 6.10. The van der Waals surface area contributed by atoms with Crippen molar-refractivity contribution in [2.45, 2.75) is 25.6 Å². The molecule has 3 heteroatoms. The van der Waals surface area contributed by atoms with Crippen molar-refractivity contribution in [3.05, 3.63) is 59.9 Å². The fraction of sp³-hybridized carbons (Fsp3) is 0.235. The Morgan fingerprint density at radius 2 is 1.80 bits per heavy atom. The minimum atomic E-state index is 0.412. The Morgan fingerprint density at radius 1 is 1.05 bits per heavy atom. The highest BCUT2D eigenvalue weighted by Crippen LogP contribution is 2.25. The summed E-state index contributed by atoms with van der Waals surface area (Å²) in [4.78, 5) is 4.64. The number of halogens is 1. The van der Waals surface area contributed by atoms with E-state index in [-0.39, 0.29) is 0 Å². The Bertz CT molecular complexity index is 731. The van der Waals surface area contributed by atoms with Crippen LogP contribution in [0.1, 0.15) is 24.7 Å². The van der Waals surface area contributed by atoms with Gasteiger partial charge in [0.25, 0.3) is 0 Å². The van der Waals surface area contributed by atoms with Gasteiger partial charge in [0.1, 0.15) is 5.82 Å². The maximum absolute atomic E-state index is 6.10. The van der Waals surface area contributed by atoms with E-state index in [4.69, 9.17) is 11.6 Å². The van der Waals surface area contributed by atoms with Crippen LogP contribution < -0.4 is 0 Å². The number of alkyl halides is 1. The molecule has 102 valence electrons. The van der Waals surface area contributed by atoms with Crippen molar-refractivity contribution in [1.82, 2.24) is 9.55 Å². The molecule has 0 N–H and O–H groups in total. The van der Waals surface area contributed by atoms with Crippen molar-refractivity contribution in [2.24, 2.45) is 0 Å². The number of hydrogen-bond acceptors (Lipinski definition) is 1. The van der Waals surface area contributed by atoms with E-state index >= 15 is 0 Å². The van der Waals surface area contributed by atoms with Crippen LogP contribution in [0.4, 0.5) is 0 Å². The molecule has 0 aliphatic rings. The summed E-state index contributed by atoms with van der Waals surface area (Å²) in [6, 6.07) is 16.7. The first-order valence-electron chi connectivity index (χ1n) is 6.95. The third-order valence-corrected chi connectivity index (χ3v) is 3.74. The van der Waals surface area contributed by atoms with Gasteiger partial charge in [-0.05, 0) is 30.2 Å². The second kappa shape index (κ2) is 5.68. The molecule has 0 spiro atoms. The number of aromatic nitrogens is 2. The second-order valence-corrected chi connectivity index (χ2v) is 5.13. The number of aryl methyl sites for hydroxylation is 1. The largest absolute Gasteiger partial charge is 0.295 e. The minimum Gasteiger partial charge on any atom is -0.295 e. The molecule has 0 fully saturated rings. The van der Waals surface area contributed by atoms with Crippen LogP contribution in [0.25, 0.3) is 16.7 Å². The summed E-state index contributed by atoms with van der Waals surface area (Å²) in [5.74, 6) is 1.31. The van der Waals surface area contributed by atoms with Gasteiger partial charge in [-0.1, -0.05) is 43.7 Å². The van der Waals surface area contributed by atoms with Gasteiger partial charge in [0.2, 0.25) is 0 Å².